The molecular weight excluding hydrogens is 317 g/mol. The lowest BCUT2D eigenvalue weighted by Crippen LogP contribution is -2.19. The van der Waals surface area contributed by atoms with Crippen molar-refractivity contribution < 1.29 is 41.0 Å². The van der Waals surface area contributed by atoms with Crippen LogP contribution in [-0.2, 0) is 4.74 Å². The second-order valence-electron chi connectivity index (χ2n) is 3.61. The molecule has 0 spiro atoms. The minimum Gasteiger partial charge on any atom is -0.462 e. The molecule has 0 heterocycles. The van der Waals surface area contributed by atoms with E-state index in [1.807, 2.05) is 0 Å². The van der Waals surface area contributed by atoms with Crippen LogP contribution in [0.5, 0.6) is 11.5 Å². The molecule has 0 N–H and O–H groups in total. The van der Waals surface area contributed by atoms with Crippen molar-refractivity contribution in [3.8, 4) is 17.6 Å². The van der Waals surface area contributed by atoms with Crippen LogP contribution in [0, 0.1) is 11.3 Å². The molecule has 0 amide bonds. The van der Waals surface area contributed by atoms with Crippen molar-refractivity contribution in [2.45, 2.75) is 19.9 Å². The molecule has 1 aromatic rings. The number of hydrogen-bond donors (Lipinski definition) is 0. The van der Waals surface area contributed by atoms with Crippen molar-refractivity contribution >= 4 is 5.97 Å². The summed E-state index contributed by atoms with van der Waals surface area (Å²) in [6.07, 6.45) is -5.24. The first-order valence-electron chi connectivity index (χ1n) is 5.63. The summed E-state index contributed by atoms with van der Waals surface area (Å²) in [7, 11) is 0. The molecule has 0 atom stereocenters. The zero-order valence-corrected chi connectivity index (χ0v) is 10.9. The molecule has 0 unspecified atom stereocenters. The van der Waals surface area contributed by atoms with E-state index in [1.54, 1.807) is 0 Å². The number of halogens is 5. The van der Waals surface area contributed by atoms with E-state index in [9.17, 15) is 26.7 Å². The second-order valence-corrected chi connectivity index (χ2v) is 3.61. The quantitative estimate of drug-likeness (QED) is 0.614. The topological polar surface area (TPSA) is 68.6 Å². The van der Waals surface area contributed by atoms with Gasteiger partial charge < -0.3 is 14.2 Å². The van der Waals surface area contributed by atoms with Crippen molar-refractivity contribution in [3.05, 3.63) is 23.3 Å². The van der Waals surface area contributed by atoms with E-state index in [2.05, 4.69) is 14.2 Å². The first-order valence-corrected chi connectivity index (χ1v) is 5.63. The number of hydrogen-bond acceptors (Lipinski definition) is 5. The fourth-order valence-corrected chi connectivity index (χ4v) is 1.43. The maximum absolute atomic E-state index is 12.3. The van der Waals surface area contributed by atoms with Gasteiger partial charge in [-0.3, -0.25) is 0 Å². The van der Waals surface area contributed by atoms with E-state index < -0.39 is 41.6 Å². The first kappa shape index (κ1) is 17.5. The van der Waals surface area contributed by atoms with E-state index >= 15 is 0 Å². The molecule has 22 heavy (non-hydrogen) atoms. The van der Waals surface area contributed by atoms with Gasteiger partial charge in [-0.05, 0) is 19.1 Å². The monoisotopic (exact) mass is 325 g/mol. The Hall–Kier alpha value is -2.57. The van der Waals surface area contributed by atoms with Gasteiger partial charge in [-0.1, -0.05) is 0 Å². The average molecular weight is 325 g/mol. The standard InChI is InChI=1S/C12H8F5NO4/c1-2-20-10(19)6-3-7(5-18)9(21-11(13)14)8(4-6)22-12(15,16)17/h3-4,11H,2H2,1H3. The Morgan fingerprint density at radius 2 is 2.00 bits per heavy atom. The van der Waals surface area contributed by atoms with Crippen LogP contribution in [0.3, 0.4) is 0 Å². The molecule has 0 aromatic heterocycles. The van der Waals surface area contributed by atoms with Crippen LogP contribution < -0.4 is 9.47 Å². The maximum Gasteiger partial charge on any atom is 0.573 e. The Morgan fingerprint density at radius 3 is 2.45 bits per heavy atom. The van der Waals surface area contributed by atoms with Crippen LogP contribution in [0.15, 0.2) is 12.1 Å². The van der Waals surface area contributed by atoms with Crippen LogP contribution in [0.1, 0.15) is 22.8 Å². The van der Waals surface area contributed by atoms with Crippen LogP contribution in [0.2, 0.25) is 0 Å². The lowest BCUT2D eigenvalue weighted by molar-refractivity contribution is -0.275. The Bertz CT molecular complexity index is 594. The van der Waals surface area contributed by atoms with Crippen molar-refractivity contribution in [3.63, 3.8) is 0 Å². The Balaban J connectivity index is 3.41. The number of esters is 1. The van der Waals surface area contributed by atoms with Gasteiger partial charge in [0, 0.05) is 0 Å². The summed E-state index contributed by atoms with van der Waals surface area (Å²) in [6.45, 7) is -2.12. The van der Waals surface area contributed by atoms with Gasteiger partial charge in [0.1, 0.15) is 6.07 Å². The van der Waals surface area contributed by atoms with E-state index in [0.29, 0.717) is 6.07 Å². The van der Waals surface area contributed by atoms with Gasteiger partial charge >= 0.3 is 18.9 Å². The molecule has 1 rings (SSSR count). The van der Waals surface area contributed by atoms with Gasteiger partial charge in [-0.2, -0.15) is 14.0 Å². The summed E-state index contributed by atoms with van der Waals surface area (Å²) in [6, 6.07) is 2.62. The van der Waals surface area contributed by atoms with Crippen molar-refractivity contribution in [2.24, 2.45) is 0 Å². The van der Waals surface area contributed by atoms with E-state index in [1.165, 1.54) is 13.0 Å². The summed E-state index contributed by atoms with van der Waals surface area (Å²) in [5.74, 6) is -3.41. The van der Waals surface area contributed by atoms with Crippen LogP contribution in [0.25, 0.3) is 0 Å². The minimum atomic E-state index is -5.24. The SMILES string of the molecule is CCOC(=O)c1cc(C#N)c(OC(F)F)c(OC(F)(F)F)c1. The van der Waals surface area contributed by atoms with Crippen molar-refractivity contribution in [2.75, 3.05) is 6.61 Å². The lowest BCUT2D eigenvalue weighted by atomic mass is 10.1. The number of alkyl halides is 5. The number of nitriles is 1. The van der Waals surface area contributed by atoms with E-state index in [4.69, 9.17) is 5.26 Å². The highest BCUT2D eigenvalue weighted by molar-refractivity contribution is 5.91. The summed E-state index contributed by atoms with van der Waals surface area (Å²) in [5.41, 5.74) is -1.20. The Kier molecular flexibility index (Phi) is 5.50. The summed E-state index contributed by atoms with van der Waals surface area (Å²) in [4.78, 5) is 11.5. The van der Waals surface area contributed by atoms with Gasteiger partial charge in [0.05, 0.1) is 17.7 Å². The lowest BCUT2D eigenvalue weighted by Gasteiger charge is -2.16. The minimum absolute atomic E-state index is 0.0779. The second kappa shape index (κ2) is 6.93. The summed E-state index contributed by atoms with van der Waals surface area (Å²) in [5, 5.41) is 8.83. The van der Waals surface area contributed by atoms with Gasteiger partial charge in [0.2, 0.25) is 0 Å². The summed E-state index contributed by atoms with van der Waals surface area (Å²) >= 11 is 0. The van der Waals surface area contributed by atoms with E-state index in [-0.39, 0.29) is 6.61 Å². The van der Waals surface area contributed by atoms with Crippen LogP contribution >= 0.6 is 0 Å². The smallest absolute Gasteiger partial charge is 0.462 e. The Morgan fingerprint density at radius 1 is 1.36 bits per heavy atom. The zero-order valence-electron chi connectivity index (χ0n) is 10.9. The molecule has 0 bridgehead atoms. The predicted molar refractivity (Wildman–Crippen MR) is 60.4 cm³/mol. The third kappa shape index (κ3) is 4.76. The average Bonchev–Trinajstić information content (AvgIpc) is 2.38. The summed E-state index contributed by atoms with van der Waals surface area (Å²) < 4.78 is 73.4. The molecule has 0 fully saturated rings. The molecule has 1 aromatic carbocycles. The highest BCUT2D eigenvalue weighted by Crippen LogP contribution is 2.37. The number of benzene rings is 1. The first-order chi connectivity index (χ1) is 10.2. The molecule has 0 radical (unpaired) electrons. The predicted octanol–water partition coefficient (Wildman–Crippen LogP) is 3.23. The Labute approximate surface area is 120 Å². The molecule has 0 aliphatic rings. The molecule has 5 nitrogen and oxygen atoms in total. The third-order valence-electron chi connectivity index (χ3n) is 2.12. The fraction of sp³-hybridized carbons (Fsp3) is 0.333. The molecule has 0 aliphatic carbocycles. The van der Waals surface area contributed by atoms with Crippen LogP contribution in [0.4, 0.5) is 22.0 Å². The maximum atomic E-state index is 12.3. The molecule has 10 heteroatoms. The number of carbonyl (C=O) groups excluding carboxylic acids is 1. The molecule has 0 saturated heterocycles. The van der Waals surface area contributed by atoms with Gasteiger partial charge in [0.15, 0.2) is 11.5 Å². The normalized spacial score (nSPS) is 11.0. The van der Waals surface area contributed by atoms with Crippen LogP contribution in [-0.4, -0.2) is 25.6 Å². The van der Waals surface area contributed by atoms with Gasteiger partial charge in [-0.15, -0.1) is 13.2 Å². The molecule has 120 valence electrons. The number of rotatable bonds is 5. The highest BCUT2D eigenvalue weighted by Gasteiger charge is 2.34. The number of carbonyl (C=O) groups is 1. The van der Waals surface area contributed by atoms with Crippen molar-refractivity contribution in [1.82, 2.24) is 0 Å². The fourth-order valence-electron chi connectivity index (χ4n) is 1.43. The largest absolute Gasteiger partial charge is 0.573 e. The van der Waals surface area contributed by atoms with E-state index in [0.717, 1.165) is 6.07 Å². The van der Waals surface area contributed by atoms with Gasteiger partial charge in [-0.25, -0.2) is 4.79 Å². The third-order valence-corrected chi connectivity index (χ3v) is 2.12. The highest BCUT2D eigenvalue weighted by atomic mass is 19.4. The molecule has 0 saturated carbocycles. The van der Waals surface area contributed by atoms with Crippen molar-refractivity contribution in [1.29, 1.82) is 5.26 Å². The molecule has 0 aliphatic heterocycles. The molecular formula is C12H8F5NO4. The zero-order chi connectivity index (χ0) is 16.9. The van der Waals surface area contributed by atoms with Gasteiger partial charge in [0.25, 0.3) is 0 Å². The number of nitrogens with zero attached hydrogens (tertiary/aromatic N) is 1. The number of ether oxygens (including phenoxy) is 3.